The predicted molar refractivity (Wildman–Crippen MR) is 71.1 cm³/mol. The molecular weight excluding hydrogens is 216 g/mol. The van der Waals surface area contributed by atoms with Crippen LogP contribution in [0.3, 0.4) is 0 Å². The first-order valence-electron chi connectivity index (χ1n) is 6.25. The summed E-state index contributed by atoms with van der Waals surface area (Å²) in [5, 5.41) is 0.869. The molecule has 0 heterocycles. The zero-order valence-electron chi connectivity index (χ0n) is 9.93. The lowest BCUT2D eigenvalue weighted by atomic mass is 9.89. The molecule has 0 saturated heterocycles. The molecule has 0 aromatic heterocycles. The Hall–Kier alpha value is -0.750. The van der Waals surface area contributed by atoms with Gasteiger partial charge in [0.05, 0.1) is 0 Å². The summed E-state index contributed by atoms with van der Waals surface area (Å²) in [5.74, 6) is 0. The first kappa shape index (κ1) is 11.7. The highest BCUT2D eigenvalue weighted by molar-refractivity contribution is 6.30. The van der Waals surface area contributed by atoms with Crippen molar-refractivity contribution in [2.45, 2.75) is 45.4 Å². The van der Waals surface area contributed by atoms with Crippen LogP contribution in [0.4, 0.5) is 0 Å². The number of hydrogen-bond acceptors (Lipinski definition) is 0. The van der Waals surface area contributed by atoms with Gasteiger partial charge in [-0.2, -0.15) is 0 Å². The molecule has 1 heteroatoms. The van der Waals surface area contributed by atoms with E-state index < -0.39 is 0 Å². The maximum Gasteiger partial charge on any atom is 0.0409 e. The molecule has 2 rings (SSSR count). The van der Waals surface area contributed by atoms with Gasteiger partial charge in [-0.1, -0.05) is 49.1 Å². The fourth-order valence-electron chi connectivity index (χ4n) is 2.32. The van der Waals surface area contributed by atoms with Crippen molar-refractivity contribution in [1.29, 1.82) is 0 Å². The lowest BCUT2D eigenvalue weighted by Gasteiger charge is -2.17. The average Bonchev–Trinajstić information content (AvgIpc) is 2.29. The molecular formula is C15H19Cl. The van der Waals surface area contributed by atoms with Gasteiger partial charge in [0.25, 0.3) is 0 Å². The Balaban J connectivity index is 1.99. The third-order valence-corrected chi connectivity index (χ3v) is 3.53. The van der Waals surface area contributed by atoms with Crippen LogP contribution in [-0.2, 0) is 12.8 Å². The van der Waals surface area contributed by atoms with Gasteiger partial charge >= 0.3 is 0 Å². The molecule has 1 aromatic carbocycles. The molecule has 0 unspecified atom stereocenters. The first-order chi connectivity index (χ1) is 7.79. The third-order valence-electron chi connectivity index (χ3n) is 3.30. The van der Waals surface area contributed by atoms with Crippen molar-refractivity contribution in [1.82, 2.24) is 0 Å². The second-order valence-electron chi connectivity index (χ2n) is 4.61. The normalized spacial score (nSPS) is 14.5. The zero-order valence-corrected chi connectivity index (χ0v) is 10.7. The van der Waals surface area contributed by atoms with E-state index in [1.54, 1.807) is 5.57 Å². The van der Waals surface area contributed by atoms with Gasteiger partial charge < -0.3 is 0 Å². The van der Waals surface area contributed by atoms with Crippen LogP contribution >= 0.6 is 11.6 Å². The van der Waals surface area contributed by atoms with E-state index in [1.807, 2.05) is 6.07 Å². The number of unbranched alkanes of at least 4 members (excludes halogenated alkanes) is 2. The van der Waals surface area contributed by atoms with Crippen molar-refractivity contribution in [2.75, 3.05) is 0 Å². The molecule has 0 saturated carbocycles. The Morgan fingerprint density at radius 3 is 2.88 bits per heavy atom. The Bertz CT molecular complexity index is 390. The van der Waals surface area contributed by atoms with E-state index in [9.17, 15) is 0 Å². The summed E-state index contributed by atoms with van der Waals surface area (Å²) in [6.07, 6.45) is 9.85. The highest BCUT2D eigenvalue weighted by Crippen LogP contribution is 2.26. The van der Waals surface area contributed by atoms with E-state index in [0.29, 0.717) is 0 Å². The highest BCUT2D eigenvalue weighted by atomic mass is 35.5. The lowest BCUT2D eigenvalue weighted by molar-refractivity contribution is 0.700. The largest absolute Gasteiger partial charge is 0.0843 e. The topological polar surface area (TPSA) is 0 Å². The van der Waals surface area contributed by atoms with Crippen LogP contribution in [0.1, 0.15) is 43.7 Å². The highest BCUT2D eigenvalue weighted by Gasteiger charge is 2.10. The van der Waals surface area contributed by atoms with Gasteiger partial charge in [0.2, 0.25) is 0 Å². The molecule has 0 atom stereocenters. The molecule has 0 amide bonds. The number of hydrogen-bond donors (Lipinski definition) is 0. The number of halogens is 1. The summed E-state index contributed by atoms with van der Waals surface area (Å²) in [4.78, 5) is 0. The van der Waals surface area contributed by atoms with E-state index in [2.05, 4.69) is 25.1 Å². The maximum atomic E-state index is 6.03. The average molecular weight is 235 g/mol. The zero-order chi connectivity index (χ0) is 11.4. The van der Waals surface area contributed by atoms with Crippen molar-refractivity contribution in [3.8, 4) is 0 Å². The Morgan fingerprint density at radius 1 is 1.19 bits per heavy atom. The van der Waals surface area contributed by atoms with Crippen LogP contribution < -0.4 is 0 Å². The maximum absolute atomic E-state index is 6.03. The second kappa shape index (κ2) is 5.54. The van der Waals surface area contributed by atoms with Crippen LogP contribution in [0.5, 0.6) is 0 Å². The Morgan fingerprint density at radius 2 is 2.06 bits per heavy atom. The molecule has 0 nitrogen and oxygen atoms in total. The van der Waals surface area contributed by atoms with Crippen LogP contribution in [0.25, 0.3) is 0 Å². The number of rotatable bonds is 4. The summed E-state index contributed by atoms with van der Waals surface area (Å²) in [7, 11) is 0. The molecule has 0 radical (unpaired) electrons. The number of benzene rings is 1. The lowest BCUT2D eigenvalue weighted by Crippen LogP contribution is -2.03. The minimum absolute atomic E-state index is 0.869. The molecule has 0 fully saturated rings. The van der Waals surface area contributed by atoms with Gasteiger partial charge in [-0.05, 0) is 48.9 Å². The number of fused-ring (bicyclic) bond motifs is 1. The number of allylic oxidation sites excluding steroid dienone is 2. The standard InChI is InChI=1S/C15H19Cl/c1-2-3-4-5-12-6-7-13-8-9-15(16)11-14(13)10-12/h6,8-9,11H,2-5,7,10H2,1H3. The van der Waals surface area contributed by atoms with Crippen molar-refractivity contribution < 1.29 is 0 Å². The minimum Gasteiger partial charge on any atom is -0.0843 e. The SMILES string of the molecule is CCCCCC1=CCc2ccc(Cl)cc2C1. The van der Waals surface area contributed by atoms with E-state index in [4.69, 9.17) is 11.6 Å². The molecule has 1 aliphatic rings. The molecule has 0 bridgehead atoms. The van der Waals surface area contributed by atoms with E-state index in [1.165, 1.54) is 36.8 Å². The second-order valence-corrected chi connectivity index (χ2v) is 5.05. The van der Waals surface area contributed by atoms with Crippen LogP contribution in [0, 0.1) is 0 Å². The van der Waals surface area contributed by atoms with Gasteiger partial charge in [-0.15, -0.1) is 0 Å². The fourth-order valence-corrected chi connectivity index (χ4v) is 2.52. The Kier molecular flexibility index (Phi) is 4.06. The van der Waals surface area contributed by atoms with Crippen molar-refractivity contribution >= 4 is 11.6 Å². The third kappa shape index (κ3) is 2.89. The van der Waals surface area contributed by atoms with Crippen molar-refractivity contribution in [3.05, 3.63) is 46.0 Å². The fraction of sp³-hybridized carbons (Fsp3) is 0.467. The summed E-state index contributed by atoms with van der Waals surface area (Å²) < 4.78 is 0. The van der Waals surface area contributed by atoms with Gasteiger partial charge in [0.15, 0.2) is 0 Å². The van der Waals surface area contributed by atoms with E-state index in [-0.39, 0.29) is 0 Å². The monoisotopic (exact) mass is 234 g/mol. The van der Waals surface area contributed by atoms with Gasteiger partial charge in [-0.25, -0.2) is 0 Å². The summed E-state index contributed by atoms with van der Waals surface area (Å²) >= 11 is 6.03. The summed E-state index contributed by atoms with van der Waals surface area (Å²) in [6.45, 7) is 2.25. The molecule has 86 valence electrons. The Labute approximate surface area is 103 Å². The summed E-state index contributed by atoms with van der Waals surface area (Å²) in [6, 6.07) is 6.29. The molecule has 16 heavy (non-hydrogen) atoms. The quantitative estimate of drug-likeness (QED) is 0.511. The van der Waals surface area contributed by atoms with Crippen LogP contribution in [0.15, 0.2) is 29.8 Å². The van der Waals surface area contributed by atoms with Gasteiger partial charge in [0, 0.05) is 5.02 Å². The minimum atomic E-state index is 0.869. The molecule has 1 aliphatic carbocycles. The molecule has 1 aromatic rings. The molecule has 0 N–H and O–H groups in total. The summed E-state index contributed by atoms with van der Waals surface area (Å²) in [5.41, 5.74) is 4.48. The van der Waals surface area contributed by atoms with Gasteiger partial charge in [-0.3, -0.25) is 0 Å². The predicted octanol–water partition coefficient (Wildman–Crippen LogP) is 4.95. The van der Waals surface area contributed by atoms with E-state index in [0.717, 1.165) is 17.9 Å². The first-order valence-corrected chi connectivity index (χ1v) is 6.62. The molecule has 0 aliphatic heterocycles. The van der Waals surface area contributed by atoms with Gasteiger partial charge in [0.1, 0.15) is 0 Å². The van der Waals surface area contributed by atoms with E-state index >= 15 is 0 Å². The van der Waals surface area contributed by atoms with Crippen LogP contribution in [0.2, 0.25) is 5.02 Å². The van der Waals surface area contributed by atoms with Crippen LogP contribution in [-0.4, -0.2) is 0 Å². The smallest absolute Gasteiger partial charge is 0.0409 e. The van der Waals surface area contributed by atoms with Crippen molar-refractivity contribution in [2.24, 2.45) is 0 Å². The van der Waals surface area contributed by atoms with Crippen molar-refractivity contribution in [3.63, 3.8) is 0 Å². The molecule has 0 spiro atoms.